The molecule has 6 nitrogen and oxygen atoms in total. The molecule has 2 heterocycles. The van der Waals surface area contributed by atoms with Crippen LogP contribution in [0.3, 0.4) is 0 Å². The predicted molar refractivity (Wildman–Crippen MR) is 127 cm³/mol. The summed E-state index contributed by atoms with van der Waals surface area (Å²) in [5.74, 6) is 1.65. The summed E-state index contributed by atoms with van der Waals surface area (Å²) in [5, 5.41) is 11.2. The number of piperidine rings is 1. The van der Waals surface area contributed by atoms with Crippen molar-refractivity contribution in [2.45, 2.75) is 52.5 Å². The van der Waals surface area contributed by atoms with E-state index in [9.17, 15) is 4.79 Å². The van der Waals surface area contributed by atoms with Crippen LogP contribution in [-0.4, -0.2) is 42.8 Å². The Hall–Kier alpha value is -2.47. The first-order valence-electron chi connectivity index (χ1n) is 11.1. The van der Waals surface area contributed by atoms with Crippen molar-refractivity contribution in [1.82, 2.24) is 10.3 Å². The van der Waals surface area contributed by atoms with Crippen molar-refractivity contribution in [3.63, 3.8) is 0 Å². The Morgan fingerprint density at radius 3 is 2.53 bits per heavy atom. The Bertz CT molecular complexity index is 889. The normalized spacial score (nSPS) is 17.0. The van der Waals surface area contributed by atoms with Gasteiger partial charge in [-0.2, -0.15) is 0 Å². The number of amides is 1. The molecule has 2 aliphatic rings. The zero-order valence-electron chi connectivity index (χ0n) is 18.4. The summed E-state index contributed by atoms with van der Waals surface area (Å²) in [4.78, 5) is 18.9. The molecule has 2 aromatic rings. The molecule has 1 aromatic carbocycles. The van der Waals surface area contributed by atoms with E-state index in [1.807, 2.05) is 31.2 Å². The summed E-state index contributed by atoms with van der Waals surface area (Å²) < 4.78 is 0. The molecule has 0 unspecified atom stereocenters. The van der Waals surface area contributed by atoms with Crippen LogP contribution in [0.25, 0.3) is 10.9 Å². The van der Waals surface area contributed by atoms with E-state index < -0.39 is 5.91 Å². The van der Waals surface area contributed by atoms with Crippen molar-refractivity contribution < 1.29 is 6.22 Å². The minimum Gasteiger partial charge on any atom is -0.365 e. The number of anilines is 1. The van der Waals surface area contributed by atoms with Gasteiger partial charge in [0.2, 0.25) is 0 Å². The fourth-order valence-electron chi connectivity index (χ4n) is 3.67. The maximum Gasteiger partial charge on any atom is 0.252 e. The van der Waals surface area contributed by atoms with E-state index in [0.717, 1.165) is 54.8 Å². The Kier molecular flexibility index (Phi) is 7.43. The number of rotatable bonds is 6. The minimum absolute atomic E-state index is 0. The van der Waals surface area contributed by atoms with Gasteiger partial charge in [0.25, 0.3) is 5.91 Å². The molecule has 2 fully saturated rings. The third kappa shape index (κ3) is 6.02. The summed E-state index contributed by atoms with van der Waals surface area (Å²) in [6.07, 6.45) is 6.17. The van der Waals surface area contributed by atoms with E-state index in [-0.39, 0.29) is 1.43 Å². The average molecular weight is 412 g/mol. The van der Waals surface area contributed by atoms with Gasteiger partial charge in [0.15, 0.2) is 0 Å². The molecule has 0 bridgehead atoms. The lowest BCUT2D eigenvalue weighted by Crippen LogP contribution is -2.44. The molecule has 6 heteroatoms. The van der Waals surface area contributed by atoms with Crippen molar-refractivity contribution in [3.8, 4) is 0 Å². The molecule has 0 radical (unpaired) electrons. The summed E-state index contributed by atoms with van der Waals surface area (Å²) in [7, 11) is 0. The molecule has 0 atom stereocenters. The summed E-state index contributed by atoms with van der Waals surface area (Å²) >= 11 is 0. The highest BCUT2D eigenvalue weighted by Gasteiger charge is 2.24. The van der Waals surface area contributed by atoms with Crippen LogP contribution in [-0.2, 0) is 0 Å². The van der Waals surface area contributed by atoms with E-state index >= 15 is 0 Å². The number of benzene rings is 1. The molecule has 1 saturated carbocycles. The number of primary amides is 1. The van der Waals surface area contributed by atoms with Gasteiger partial charge in [-0.15, -0.1) is 0 Å². The van der Waals surface area contributed by atoms with Gasteiger partial charge < -0.3 is 21.4 Å². The summed E-state index contributed by atoms with van der Waals surface area (Å²) in [5.41, 5.74) is 8.22. The van der Waals surface area contributed by atoms with Gasteiger partial charge in [0, 0.05) is 25.9 Å². The number of aromatic nitrogens is 1. The lowest BCUT2D eigenvalue weighted by Gasteiger charge is -2.34. The van der Waals surface area contributed by atoms with Crippen molar-refractivity contribution in [2.75, 3.05) is 24.5 Å². The second-order valence-corrected chi connectivity index (χ2v) is 8.99. The molecular formula is C24H37N5O. The first-order valence-corrected chi connectivity index (χ1v) is 11.1. The van der Waals surface area contributed by atoms with Gasteiger partial charge in [-0.25, -0.2) is 4.98 Å². The topological polar surface area (TPSA) is 95.1 Å². The number of nitrogens with two attached hydrogens (primary N) is 1. The van der Waals surface area contributed by atoms with Crippen molar-refractivity contribution >= 4 is 28.8 Å². The van der Waals surface area contributed by atoms with Gasteiger partial charge >= 0.3 is 0 Å². The minimum atomic E-state index is -0.411. The Labute approximate surface area is 181 Å². The molecule has 164 valence electrons. The monoisotopic (exact) mass is 411 g/mol. The molecule has 1 aliphatic carbocycles. The molecule has 1 saturated heterocycles. The fraction of sp³-hybridized carbons (Fsp3) is 0.542. The van der Waals surface area contributed by atoms with E-state index in [1.54, 1.807) is 0 Å². The maximum absolute atomic E-state index is 12.0. The second-order valence-electron chi connectivity index (χ2n) is 8.99. The van der Waals surface area contributed by atoms with Crippen LogP contribution in [0.4, 0.5) is 5.82 Å². The number of fused-ring (bicyclic) bond motifs is 1. The standard InChI is InChI=1S/C20H28N4O.C4H7N.H2/c1-13(2)12-22-16-6-8-24(9-7-16)20-17(19(21)25)11-15-10-14(3)4-5-18(15)23-20;5-3-4-1-2-4;/h4-5,10-11,13,16,22H,6-9,12H2,1-3H3,(H2,21,25);3-5H,1-2H2;1H. The number of aryl methyl sites for hydroxylation is 1. The number of hydrogen-bond donors (Lipinski definition) is 3. The van der Waals surface area contributed by atoms with E-state index in [4.69, 9.17) is 16.1 Å². The largest absolute Gasteiger partial charge is 0.365 e. The third-order valence-electron chi connectivity index (χ3n) is 5.68. The Morgan fingerprint density at radius 1 is 1.30 bits per heavy atom. The molecular weight excluding hydrogens is 374 g/mol. The number of pyridine rings is 1. The maximum atomic E-state index is 12.0. The number of hydrogen-bond acceptors (Lipinski definition) is 5. The fourth-order valence-corrected chi connectivity index (χ4v) is 3.67. The van der Waals surface area contributed by atoms with Gasteiger partial charge in [-0.3, -0.25) is 4.79 Å². The lowest BCUT2D eigenvalue weighted by atomic mass is 10.0. The van der Waals surface area contributed by atoms with Crippen LogP contribution >= 0.6 is 0 Å². The van der Waals surface area contributed by atoms with E-state index in [0.29, 0.717) is 23.4 Å². The number of nitrogens with one attached hydrogen (secondary N) is 2. The molecule has 4 rings (SSSR count). The zero-order chi connectivity index (χ0) is 21.7. The summed E-state index contributed by atoms with van der Waals surface area (Å²) in [6.45, 7) is 9.31. The van der Waals surface area contributed by atoms with Crippen LogP contribution in [0.15, 0.2) is 24.3 Å². The number of carbonyl (C=O) groups is 1. The Morgan fingerprint density at radius 2 is 2.00 bits per heavy atom. The molecule has 4 N–H and O–H groups in total. The van der Waals surface area contributed by atoms with Crippen LogP contribution < -0.4 is 16.0 Å². The number of nitrogens with zero attached hydrogens (tertiary/aromatic N) is 2. The Balaban J connectivity index is 0.000000501. The number of carbonyl (C=O) groups excluding carboxylic acids is 1. The van der Waals surface area contributed by atoms with Crippen molar-refractivity contribution in [3.05, 3.63) is 35.4 Å². The van der Waals surface area contributed by atoms with Crippen LogP contribution in [0, 0.1) is 24.2 Å². The summed E-state index contributed by atoms with van der Waals surface area (Å²) in [6, 6.07) is 8.52. The van der Waals surface area contributed by atoms with Gasteiger partial charge in [-0.1, -0.05) is 25.5 Å². The van der Waals surface area contributed by atoms with E-state index in [1.165, 1.54) is 19.1 Å². The van der Waals surface area contributed by atoms with Crippen molar-refractivity contribution in [1.29, 1.82) is 5.41 Å². The predicted octanol–water partition coefficient (Wildman–Crippen LogP) is 4.15. The van der Waals surface area contributed by atoms with Gasteiger partial charge in [0.1, 0.15) is 5.82 Å². The molecule has 1 aliphatic heterocycles. The second kappa shape index (κ2) is 10.0. The lowest BCUT2D eigenvalue weighted by molar-refractivity contribution is 0.100. The smallest absolute Gasteiger partial charge is 0.252 e. The van der Waals surface area contributed by atoms with Gasteiger partial charge in [0.05, 0.1) is 11.1 Å². The SMILES string of the molecule is Cc1ccc2nc(N3CCC(NCC(C)C)CC3)c(C(N)=O)cc2c1.N=CC1CC1.[HH]. The van der Waals surface area contributed by atoms with Gasteiger partial charge in [-0.05, 0) is 75.4 Å². The van der Waals surface area contributed by atoms with Crippen molar-refractivity contribution in [2.24, 2.45) is 17.6 Å². The highest BCUT2D eigenvalue weighted by atomic mass is 16.1. The van der Waals surface area contributed by atoms with Crippen LogP contribution in [0.1, 0.15) is 56.9 Å². The van der Waals surface area contributed by atoms with Crippen LogP contribution in [0.5, 0.6) is 0 Å². The average Bonchev–Trinajstić information content (AvgIpc) is 3.57. The zero-order valence-corrected chi connectivity index (χ0v) is 18.4. The molecule has 1 aromatic heterocycles. The quantitative estimate of drug-likeness (QED) is 0.622. The van der Waals surface area contributed by atoms with E-state index in [2.05, 4.69) is 24.1 Å². The molecule has 0 spiro atoms. The molecule has 1 amide bonds. The highest BCUT2D eigenvalue weighted by molar-refractivity contribution is 6.01. The first-order chi connectivity index (χ1) is 14.4. The molecule has 30 heavy (non-hydrogen) atoms. The van der Waals surface area contributed by atoms with Crippen LogP contribution in [0.2, 0.25) is 0 Å². The highest BCUT2D eigenvalue weighted by Crippen LogP contribution is 2.27. The third-order valence-corrected chi connectivity index (χ3v) is 5.68. The first kappa shape index (κ1) is 22.2.